The zero-order chi connectivity index (χ0) is 10.3. The first-order valence-corrected chi connectivity index (χ1v) is 6.11. The Kier molecular flexibility index (Phi) is 2.13. The third-order valence-corrected chi connectivity index (χ3v) is 3.24. The van der Waals surface area contributed by atoms with Crippen molar-refractivity contribution in [2.24, 2.45) is 0 Å². The van der Waals surface area contributed by atoms with Crippen LogP contribution in [0.5, 0.6) is 0 Å². The molecule has 0 unspecified atom stereocenters. The number of halogens is 2. The molecule has 0 aliphatic heterocycles. The van der Waals surface area contributed by atoms with Gasteiger partial charge in [-0.05, 0) is 0 Å². The van der Waals surface area contributed by atoms with Crippen molar-refractivity contribution >= 4 is 37.0 Å². The van der Waals surface area contributed by atoms with Gasteiger partial charge in [-0.3, -0.25) is 9.38 Å². The minimum absolute atomic E-state index is 0.159. The summed E-state index contributed by atoms with van der Waals surface area (Å²) in [5.41, 5.74) is 0.330. The lowest BCUT2D eigenvalue weighted by Gasteiger charge is -1.95. The summed E-state index contributed by atoms with van der Waals surface area (Å²) in [5, 5.41) is -0.397. The topological polar surface area (TPSA) is 64.3 Å². The molecule has 2 heterocycles. The standard InChI is InChI=1S/C6H3Cl2N3O2S/c7-5-6(14(8,12)13)11-2-1-9-3-4(11)10-5/h1-3H. The molecule has 74 valence electrons. The van der Waals surface area contributed by atoms with E-state index in [0.29, 0.717) is 5.65 Å². The van der Waals surface area contributed by atoms with Gasteiger partial charge in [0, 0.05) is 23.1 Å². The number of imidazole rings is 1. The Morgan fingerprint density at radius 1 is 1.43 bits per heavy atom. The summed E-state index contributed by atoms with van der Waals surface area (Å²) in [7, 11) is 1.29. The zero-order valence-corrected chi connectivity index (χ0v) is 8.88. The van der Waals surface area contributed by atoms with Crippen LogP contribution in [0.4, 0.5) is 0 Å². The second-order valence-electron chi connectivity index (χ2n) is 2.45. The summed E-state index contributed by atoms with van der Waals surface area (Å²) in [4.78, 5) is 7.55. The van der Waals surface area contributed by atoms with Crippen LogP contribution in [-0.4, -0.2) is 22.8 Å². The van der Waals surface area contributed by atoms with E-state index in [1.54, 1.807) is 0 Å². The molecule has 0 bridgehead atoms. The first-order valence-electron chi connectivity index (χ1n) is 3.42. The molecule has 0 saturated carbocycles. The SMILES string of the molecule is O=S(=O)(Cl)c1c(Cl)nc2cnccn12. The highest BCUT2D eigenvalue weighted by Crippen LogP contribution is 2.24. The molecule has 0 N–H and O–H groups in total. The monoisotopic (exact) mass is 251 g/mol. The third kappa shape index (κ3) is 1.45. The Morgan fingerprint density at radius 3 is 2.79 bits per heavy atom. The zero-order valence-electron chi connectivity index (χ0n) is 6.55. The first kappa shape index (κ1) is 9.70. The summed E-state index contributed by atoms with van der Waals surface area (Å²) < 4.78 is 23.5. The van der Waals surface area contributed by atoms with Gasteiger partial charge in [0.05, 0.1) is 6.20 Å². The van der Waals surface area contributed by atoms with Gasteiger partial charge in [0.2, 0.25) is 0 Å². The molecule has 0 saturated heterocycles. The van der Waals surface area contributed by atoms with Crippen molar-refractivity contribution in [1.82, 2.24) is 14.4 Å². The van der Waals surface area contributed by atoms with Crippen LogP contribution in [0.15, 0.2) is 23.6 Å². The van der Waals surface area contributed by atoms with Crippen molar-refractivity contribution in [2.45, 2.75) is 5.03 Å². The highest BCUT2D eigenvalue weighted by Gasteiger charge is 2.21. The van der Waals surface area contributed by atoms with E-state index in [4.69, 9.17) is 22.3 Å². The quantitative estimate of drug-likeness (QED) is 0.718. The molecule has 0 atom stereocenters. The predicted octanol–water partition coefficient (Wildman–Crippen LogP) is 1.31. The molecule has 0 aliphatic carbocycles. The van der Waals surface area contributed by atoms with E-state index in [1.807, 2.05) is 0 Å². The molecule has 0 fully saturated rings. The molecule has 2 rings (SSSR count). The largest absolute Gasteiger partial charge is 0.285 e. The van der Waals surface area contributed by atoms with Gasteiger partial charge in [-0.1, -0.05) is 11.6 Å². The van der Waals surface area contributed by atoms with Crippen LogP contribution >= 0.6 is 22.3 Å². The second-order valence-corrected chi connectivity index (χ2v) is 5.29. The number of hydrogen-bond acceptors (Lipinski definition) is 4. The fourth-order valence-corrected chi connectivity index (χ4v) is 2.75. The molecule has 0 aromatic carbocycles. The lowest BCUT2D eigenvalue weighted by atomic mass is 10.7. The Hall–Kier alpha value is -0.850. The summed E-state index contributed by atoms with van der Waals surface area (Å²) in [6.45, 7) is 0. The average molecular weight is 252 g/mol. The number of fused-ring (bicyclic) bond motifs is 1. The van der Waals surface area contributed by atoms with Crippen LogP contribution in [0.3, 0.4) is 0 Å². The smallest absolute Gasteiger partial charge is 0.280 e. The van der Waals surface area contributed by atoms with Gasteiger partial charge in [-0.15, -0.1) is 0 Å². The molecule has 2 aromatic rings. The van der Waals surface area contributed by atoms with Crippen molar-refractivity contribution in [1.29, 1.82) is 0 Å². The molecule has 0 radical (unpaired) electrons. The van der Waals surface area contributed by atoms with Gasteiger partial charge in [-0.25, -0.2) is 13.4 Å². The van der Waals surface area contributed by atoms with Crippen LogP contribution in [0.1, 0.15) is 0 Å². The molecular formula is C6H3Cl2N3O2S. The van der Waals surface area contributed by atoms with Crippen molar-refractivity contribution in [3.8, 4) is 0 Å². The van der Waals surface area contributed by atoms with Gasteiger partial charge >= 0.3 is 0 Å². The highest BCUT2D eigenvalue weighted by molar-refractivity contribution is 8.13. The number of aromatic nitrogens is 3. The maximum absolute atomic E-state index is 11.1. The van der Waals surface area contributed by atoms with Crippen molar-refractivity contribution in [3.05, 3.63) is 23.7 Å². The van der Waals surface area contributed by atoms with E-state index in [2.05, 4.69) is 9.97 Å². The van der Waals surface area contributed by atoms with E-state index in [-0.39, 0.29) is 10.2 Å². The molecule has 14 heavy (non-hydrogen) atoms. The Morgan fingerprint density at radius 2 is 2.14 bits per heavy atom. The van der Waals surface area contributed by atoms with E-state index < -0.39 is 9.05 Å². The number of rotatable bonds is 1. The Bertz CT molecular complexity index is 592. The fourth-order valence-electron chi connectivity index (χ4n) is 1.07. The van der Waals surface area contributed by atoms with Crippen molar-refractivity contribution in [3.63, 3.8) is 0 Å². The molecule has 0 aliphatic rings. The first-order chi connectivity index (χ1) is 6.50. The lowest BCUT2D eigenvalue weighted by molar-refractivity contribution is 0.605. The van der Waals surface area contributed by atoms with E-state index in [0.717, 1.165) is 0 Å². The van der Waals surface area contributed by atoms with E-state index >= 15 is 0 Å². The molecule has 0 spiro atoms. The summed E-state index contributed by atoms with van der Waals surface area (Å²) in [6.07, 6.45) is 4.22. The molecule has 2 aromatic heterocycles. The van der Waals surface area contributed by atoms with Crippen molar-refractivity contribution < 1.29 is 8.42 Å². The molecular weight excluding hydrogens is 249 g/mol. The van der Waals surface area contributed by atoms with Gasteiger partial charge < -0.3 is 0 Å². The van der Waals surface area contributed by atoms with E-state index in [1.165, 1.54) is 23.0 Å². The van der Waals surface area contributed by atoms with E-state index in [9.17, 15) is 8.42 Å². The van der Waals surface area contributed by atoms with Gasteiger partial charge in [0.1, 0.15) is 0 Å². The number of nitrogens with zero attached hydrogens (tertiary/aromatic N) is 3. The normalized spacial score (nSPS) is 12.1. The van der Waals surface area contributed by atoms with Gasteiger partial charge in [0.15, 0.2) is 15.8 Å². The summed E-state index contributed by atoms with van der Waals surface area (Å²) in [5.74, 6) is 0. The molecule has 5 nitrogen and oxygen atoms in total. The fraction of sp³-hybridized carbons (Fsp3) is 0. The van der Waals surface area contributed by atoms with Crippen LogP contribution < -0.4 is 0 Å². The third-order valence-electron chi connectivity index (χ3n) is 1.58. The number of hydrogen-bond donors (Lipinski definition) is 0. The van der Waals surface area contributed by atoms with Crippen LogP contribution in [0.25, 0.3) is 5.65 Å². The summed E-state index contributed by atoms with van der Waals surface area (Å²) in [6, 6.07) is 0. The highest BCUT2D eigenvalue weighted by atomic mass is 35.7. The maximum Gasteiger partial charge on any atom is 0.280 e. The maximum atomic E-state index is 11.1. The minimum Gasteiger partial charge on any atom is -0.285 e. The summed E-state index contributed by atoms with van der Waals surface area (Å²) >= 11 is 5.63. The molecule has 0 amide bonds. The van der Waals surface area contributed by atoms with Gasteiger partial charge in [0.25, 0.3) is 9.05 Å². The second kappa shape index (κ2) is 3.08. The Labute approximate surface area is 88.7 Å². The van der Waals surface area contributed by atoms with Crippen LogP contribution in [-0.2, 0) is 9.05 Å². The Balaban J connectivity index is 2.95. The van der Waals surface area contributed by atoms with Crippen molar-refractivity contribution in [2.75, 3.05) is 0 Å². The van der Waals surface area contributed by atoms with Gasteiger partial charge in [-0.2, -0.15) is 0 Å². The van der Waals surface area contributed by atoms with Crippen LogP contribution in [0, 0.1) is 0 Å². The average Bonchev–Trinajstić information content (AvgIpc) is 2.38. The lowest BCUT2D eigenvalue weighted by Crippen LogP contribution is -1.97. The predicted molar refractivity (Wildman–Crippen MR) is 51.0 cm³/mol. The van der Waals surface area contributed by atoms with Crippen LogP contribution in [0.2, 0.25) is 5.15 Å². The minimum atomic E-state index is -3.90. The molecule has 8 heteroatoms.